The molecular formula is C17H11F5O. The standard InChI is InChI=1S/C17H11F5O/c1-23-11-8-6-10(7-9-11)4-2-3-5-12-13(18)15(20)17(22)16(21)14(12)19/h2-9H,1H3. The molecule has 0 amide bonds. The Morgan fingerprint density at radius 2 is 1.17 bits per heavy atom. The van der Waals surface area contributed by atoms with E-state index >= 15 is 0 Å². The third-order valence-corrected chi connectivity index (χ3v) is 3.02. The van der Waals surface area contributed by atoms with Gasteiger partial charge in [-0.25, -0.2) is 22.0 Å². The van der Waals surface area contributed by atoms with Gasteiger partial charge in [0.2, 0.25) is 5.82 Å². The molecule has 0 heterocycles. The van der Waals surface area contributed by atoms with Gasteiger partial charge in [0.05, 0.1) is 12.7 Å². The molecule has 0 aliphatic heterocycles. The molecule has 120 valence electrons. The minimum atomic E-state index is -2.18. The van der Waals surface area contributed by atoms with Crippen molar-refractivity contribution < 1.29 is 26.7 Å². The summed E-state index contributed by atoms with van der Waals surface area (Å²) in [6.45, 7) is 0. The largest absolute Gasteiger partial charge is 0.497 e. The van der Waals surface area contributed by atoms with E-state index in [0.29, 0.717) is 5.75 Å². The van der Waals surface area contributed by atoms with Crippen LogP contribution in [-0.2, 0) is 0 Å². The van der Waals surface area contributed by atoms with Gasteiger partial charge in [-0.15, -0.1) is 0 Å². The fourth-order valence-corrected chi connectivity index (χ4v) is 1.80. The lowest BCUT2D eigenvalue weighted by atomic mass is 10.1. The van der Waals surface area contributed by atoms with Crippen molar-refractivity contribution in [1.82, 2.24) is 0 Å². The smallest absolute Gasteiger partial charge is 0.200 e. The Morgan fingerprint density at radius 1 is 0.696 bits per heavy atom. The van der Waals surface area contributed by atoms with Crippen LogP contribution in [-0.4, -0.2) is 7.11 Å². The SMILES string of the molecule is COc1ccc(C=CC=Cc2c(F)c(F)c(F)c(F)c2F)cc1. The molecule has 0 fully saturated rings. The number of hydrogen-bond acceptors (Lipinski definition) is 1. The van der Waals surface area contributed by atoms with E-state index in [-0.39, 0.29) is 0 Å². The zero-order valence-corrected chi connectivity index (χ0v) is 11.9. The van der Waals surface area contributed by atoms with E-state index in [0.717, 1.165) is 11.6 Å². The molecule has 0 radical (unpaired) electrons. The molecule has 0 saturated heterocycles. The highest BCUT2D eigenvalue weighted by molar-refractivity contribution is 5.58. The van der Waals surface area contributed by atoms with Crippen LogP contribution >= 0.6 is 0 Å². The Hall–Kier alpha value is -2.63. The van der Waals surface area contributed by atoms with Crippen LogP contribution in [0, 0.1) is 29.1 Å². The van der Waals surface area contributed by atoms with Crippen LogP contribution in [0.15, 0.2) is 36.4 Å². The van der Waals surface area contributed by atoms with Crippen molar-refractivity contribution in [2.75, 3.05) is 7.11 Å². The van der Waals surface area contributed by atoms with Gasteiger partial charge in [0.25, 0.3) is 0 Å². The highest BCUT2D eigenvalue weighted by Crippen LogP contribution is 2.24. The van der Waals surface area contributed by atoms with E-state index in [1.165, 1.54) is 19.3 Å². The summed E-state index contributed by atoms with van der Waals surface area (Å²) in [5, 5.41) is 0. The van der Waals surface area contributed by atoms with Crippen molar-refractivity contribution in [2.45, 2.75) is 0 Å². The van der Waals surface area contributed by atoms with Gasteiger partial charge in [0.15, 0.2) is 23.3 Å². The fourth-order valence-electron chi connectivity index (χ4n) is 1.80. The average Bonchev–Trinajstić information content (AvgIpc) is 2.58. The van der Waals surface area contributed by atoms with Gasteiger partial charge in [0, 0.05) is 0 Å². The number of halogens is 5. The molecule has 2 aromatic carbocycles. The second-order valence-corrected chi connectivity index (χ2v) is 4.47. The molecule has 0 unspecified atom stereocenters. The van der Waals surface area contributed by atoms with Crippen LogP contribution in [0.5, 0.6) is 5.75 Å². The van der Waals surface area contributed by atoms with E-state index in [4.69, 9.17) is 4.74 Å². The van der Waals surface area contributed by atoms with Crippen LogP contribution in [0.4, 0.5) is 22.0 Å². The number of benzene rings is 2. The fraction of sp³-hybridized carbons (Fsp3) is 0.0588. The Bertz CT molecular complexity index is 735. The van der Waals surface area contributed by atoms with Gasteiger partial charge in [-0.3, -0.25) is 0 Å². The first-order chi connectivity index (χ1) is 11.0. The van der Waals surface area contributed by atoms with Crippen molar-refractivity contribution in [3.63, 3.8) is 0 Å². The molecule has 2 aromatic rings. The van der Waals surface area contributed by atoms with Crippen LogP contribution < -0.4 is 4.74 Å². The predicted molar refractivity (Wildman–Crippen MR) is 77.3 cm³/mol. The summed E-state index contributed by atoms with van der Waals surface area (Å²) < 4.78 is 70.8. The highest BCUT2D eigenvalue weighted by Gasteiger charge is 2.23. The molecule has 0 aromatic heterocycles. The van der Waals surface area contributed by atoms with Crippen LogP contribution in [0.2, 0.25) is 0 Å². The molecule has 0 saturated carbocycles. The van der Waals surface area contributed by atoms with E-state index in [1.54, 1.807) is 30.3 Å². The summed E-state index contributed by atoms with van der Waals surface area (Å²) >= 11 is 0. The first-order valence-electron chi connectivity index (χ1n) is 6.46. The molecule has 1 nitrogen and oxygen atoms in total. The van der Waals surface area contributed by atoms with E-state index in [1.807, 2.05) is 0 Å². The molecule has 0 aliphatic carbocycles. The van der Waals surface area contributed by atoms with Gasteiger partial charge in [-0.05, 0) is 23.8 Å². The lowest BCUT2D eigenvalue weighted by molar-refractivity contribution is 0.377. The molecule has 0 spiro atoms. The maximum Gasteiger partial charge on any atom is 0.200 e. The topological polar surface area (TPSA) is 9.23 Å². The third-order valence-electron chi connectivity index (χ3n) is 3.02. The van der Waals surface area contributed by atoms with Gasteiger partial charge in [-0.2, -0.15) is 0 Å². The number of allylic oxidation sites excluding steroid dienone is 2. The zero-order valence-electron chi connectivity index (χ0n) is 11.9. The lowest BCUT2D eigenvalue weighted by Gasteiger charge is -2.03. The number of rotatable bonds is 4. The quantitative estimate of drug-likeness (QED) is 0.328. The molecule has 23 heavy (non-hydrogen) atoms. The van der Waals surface area contributed by atoms with Gasteiger partial charge in [0.1, 0.15) is 5.75 Å². The van der Waals surface area contributed by atoms with Crippen molar-refractivity contribution in [3.05, 3.63) is 76.6 Å². The van der Waals surface area contributed by atoms with Crippen molar-refractivity contribution in [2.24, 2.45) is 0 Å². The zero-order chi connectivity index (χ0) is 17.0. The summed E-state index contributed by atoms with van der Waals surface area (Å²) in [6, 6.07) is 6.91. The second-order valence-electron chi connectivity index (χ2n) is 4.47. The van der Waals surface area contributed by atoms with Crippen LogP contribution in [0.1, 0.15) is 11.1 Å². The molecule has 6 heteroatoms. The number of hydrogen-bond donors (Lipinski definition) is 0. The Labute approximate surface area is 129 Å². The minimum Gasteiger partial charge on any atom is -0.497 e. The summed E-state index contributed by atoms with van der Waals surface area (Å²) in [6.07, 6.45) is 5.01. The maximum absolute atomic E-state index is 13.4. The van der Waals surface area contributed by atoms with Gasteiger partial charge < -0.3 is 4.74 Å². The van der Waals surface area contributed by atoms with Crippen LogP contribution in [0.3, 0.4) is 0 Å². The highest BCUT2D eigenvalue weighted by atomic mass is 19.2. The number of methoxy groups -OCH3 is 1. The molecule has 0 bridgehead atoms. The summed E-state index contributed by atoms with van der Waals surface area (Å²) in [5.41, 5.74) is -0.214. The van der Waals surface area contributed by atoms with E-state index in [2.05, 4.69) is 0 Å². The molecule has 0 atom stereocenters. The summed E-state index contributed by atoms with van der Waals surface area (Å²) in [7, 11) is 1.53. The lowest BCUT2D eigenvalue weighted by Crippen LogP contribution is -2.03. The predicted octanol–water partition coefficient (Wildman–Crippen LogP) is 5.12. The Morgan fingerprint density at radius 3 is 1.70 bits per heavy atom. The van der Waals surface area contributed by atoms with Crippen molar-refractivity contribution in [1.29, 1.82) is 0 Å². The second kappa shape index (κ2) is 7.09. The Kier molecular flexibility index (Phi) is 5.16. The molecule has 2 rings (SSSR count). The maximum atomic E-state index is 13.4. The summed E-state index contributed by atoms with van der Waals surface area (Å²) in [5.74, 6) is -9.18. The monoisotopic (exact) mass is 326 g/mol. The van der Waals surface area contributed by atoms with E-state index < -0.39 is 34.6 Å². The third kappa shape index (κ3) is 3.59. The number of ether oxygens (including phenoxy) is 1. The van der Waals surface area contributed by atoms with Crippen LogP contribution in [0.25, 0.3) is 12.2 Å². The summed E-state index contributed by atoms with van der Waals surface area (Å²) in [4.78, 5) is 0. The molecule has 0 aliphatic rings. The average molecular weight is 326 g/mol. The first-order valence-corrected chi connectivity index (χ1v) is 6.46. The van der Waals surface area contributed by atoms with E-state index in [9.17, 15) is 22.0 Å². The molecular weight excluding hydrogens is 315 g/mol. The Balaban J connectivity index is 2.22. The van der Waals surface area contributed by atoms with Gasteiger partial charge in [-0.1, -0.05) is 30.4 Å². The van der Waals surface area contributed by atoms with Crippen molar-refractivity contribution >= 4 is 12.2 Å². The molecule has 0 N–H and O–H groups in total. The van der Waals surface area contributed by atoms with Gasteiger partial charge >= 0.3 is 0 Å². The normalized spacial score (nSPS) is 11.6. The van der Waals surface area contributed by atoms with Crippen molar-refractivity contribution in [3.8, 4) is 5.75 Å². The minimum absolute atomic E-state index is 0.666. The first kappa shape index (κ1) is 16.7.